The van der Waals surface area contributed by atoms with E-state index in [-0.39, 0.29) is 12.6 Å². The molecule has 0 spiro atoms. The Balaban J connectivity index is 2.28. The SMILES string of the molecule is CCNC(=O)Nc1cc(-c2ccoc2C)nn1CCO. The van der Waals surface area contributed by atoms with Crippen LogP contribution in [0.15, 0.2) is 22.8 Å². The highest BCUT2D eigenvalue weighted by Crippen LogP contribution is 2.25. The highest BCUT2D eigenvalue weighted by Gasteiger charge is 2.14. The Morgan fingerprint density at radius 1 is 1.55 bits per heavy atom. The van der Waals surface area contributed by atoms with Gasteiger partial charge in [0, 0.05) is 18.2 Å². The molecule has 2 aromatic heterocycles. The smallest absolute Gasteiger partial charge is 0.320 e. The number of anilines is 1. The molecule has 0 aromatic carbocycles. The number of nitrogens with zero attached hydrogens (tertiary/aromatic N) is 2. The van der Waals surface area contributed by atoms with E-state index in [0.29, 0.717) is 24.6 Å². The summed E-state index contributed by atoms with van der Waals surface area (Å²) >= 11 is 0. The van der Waals surface area contributed by atoms with Crippen LogP contribution in [0.4, 0.5) is 10.6 Å². The molecule has 108 valence electrons. The summed E-state index contributed by atoms with van der Waals surface area (Å²) in [6, 6.07) is 3.27. The number of hydrogen-bond donors (Lipinski definition) is 3. The molecule has 20 heavy (non-hydrogen) atoms. The van der Waals surface area contributed by atoms with E-state index in [0.717, 1.165) is 11.3 Å². The zero-order valence-corrected chi connectivity index (χ0v) is 11.5. The van der Waals surface area contributed by atoms with Crippen LogP contribution in [0.1, 0.15) is 12.7 Å². The first-order valence-electron chi connectivity index (χ1n) is 6.43. The number of aliphatic hydroxyl groups excluding tert-OH is 1. The van der Waals surface area contributed by atoms with Gasteiger partial charge in [-0.3, -0.25) is 5.32 Å². The Morgan fingerprint density at radius 3 is 2.95 bits per heavy atom. The fourth-order valence-corrected chi connectivity index (χ4v) is 1.89. The van der Waals surface area contributed by atoms with Crippen LogP contribution in [-0.2, 0) is 6.54 Å². The summed E-state index contributed by atoms with van der Waals surface area (Å²) in [5, 5.41) is 18.8. The van der Waals surface area contributed by atoms with Gasteiger partial charge in [0.25, 0.3) is 0 Å². The molecule has 0 bridgehead atoms. The maximum Gasteiger partial charge on any atom is 0.320 e. The minimum atomic E-state index is -0.304. The summed E-state index contributed by atoms with van der Waals surface area (Å²) in [7, 11) is 0. The number of aliphatic hydroxyl groups is 1. The van der Waals surface area contributed by atoms with E-state index in [1.165, 1.54) is 0 Å². The van der Waals surface area contributed by atoms with E-state index < -0.39 is 0 Å². The van der Waals surface area contributed by atoms with Crippen molar-refractivity contribution in [2.24, 2.45) is 0 Å². The van der Waals surface area contributed by atoms with Crippen LogP contribution >= 0.6 is 0 Å². The molecule has 0 atom stereocenters. The molecule has 0 unspecified atom stereocenters. The van der Waals surface area contributed by atoms with E-state index in [2.05, 4.69) is 15.7 Å². The van der Waals surface area contributed by atoms with Crippen LogP contribution in [0, 0.1) is 6.92 Å². The Bertz CT molecular complexity index is 588. The molecule has 0 aliphatic rings. The molecule has 7 heteroatoms. The molecule has 2 heterocycles. The predicted octanol–water partition coefficient (Wildman–Crippen LogP) is 1.59. The molecule has 2 amide bonds. The standard InChI is InChI=1S/C13H18N4O3/c1-3-14-13(19)15-12-8-11(16-17(12)5-6-18)10-4-7-20-9(10)2/h4,7-8,18H,3,5-6H2,1-2H3,(H2,14,15,19). The molecule has 0 fully saturated rings. The topological polar surface area (TPSA) is 92.3 Å². The van der Waals surface area contributed by atoms with Crippen molar-refractivity contribution < 1.29 is 14.3 Å². The van der Waals surface area contributed by atoms with Crippen molar-refractivity contribution in [2.75, 3.05) is 18.5 Å². The van der Waals surface area contributed by atoms with Crippen LogP contribution in [0.25, 0.3) is 11.3 Å². The molecule has 0 aliphatic carbocycles. The van der Waals surface area contributed by atoms with Crippen LogP contribution in [-0.4, -0.2) is 34.1 Å². The van der Waals surface area contributed by atoms with E-state index in [1.807, 2.05) is 19.9 Å². The van der Waals surface area contributed by atoms with E-state index in [4.69, 9.17) is 9.52 Å². The highest BCUT2D eigenvalue weighted by molar-refractivity contribution is 5.89. The fraction of sp³-hybridized carbons (Fsp3) is 0.385. The Morgan fingerprint density at radius 2 is 2.35 bits per heavy atom. The summed E-state index contributed by atoms with van der Waals surface area (Å²) in [6.07, 6.45) is 1.59. The molecule has 2 rings (SSSR count). The van der Waals surface area contributed by atoms with Crippen LogP contribution < -0.4 is 10.6 Å². The lowest BCUT2D eigenvalue weighted by Gasteiger charge is -2.07. The number of carbonyl (C=O) groups is 1. The lowest BCUT2D eigenvalue weighted by molar-refractivity contribution is 0.251. The average Bonchev–Trinajstić information content (AvgIpc) is 2.97. The third-order valence-electron chi connectivity index (χ3n) is 2.81. The van der Waals surface area contributed by atoms with Gasteiger partial charge >= 0.3 is 6.03 Å². The van der Waals surface area contributed by atoms with Gasteiger partial charge in [-0.1, -0.05) is 0 Å². The lowest BCUT2D eigenvalue weighted by atomic mass is 10.2. The second kappa shape index (κ2) is 6.25. The molecule has 0 saturated heterocycles. The number of rotatable bonds is 5. The minimum Gasteiger partial charge on any atom is -0.469 e. The number of amides is 2. The first kappa shape index (κ1) is 14.1. The normalized spacial score (nSPS) is 10.6. The van der Waals surface area contributed by atoms with Crippen LogP contribution in [0.5, 0.6) is 0 Å². The van der Waals surface area contributed by atoms with Crippen molar-refractivity contribution in [3.05, 3.63) is 24.2 Å². The Labute approximate surface area is 116 Å². The molecule has 3 N–H and O–H groups in total. The van der Waals surface area contributed by atoms with Gasteiger partial charge in [0.15, 0.2) is 0 Å². The first-order chi connectivity index (χ1) is 9.65. The van der Waals surface area contributed by atoms with Crippen molar-refractivity contribution in [3.63, 3.8) is 0 Å². The lowest BCUT2D eigenvalue weighted by Crippen LogP contribution is -2.29. The number of urea groups is 1. The van der Waals surface area contributed by atoms with Gasteiger partial charge in [-0.2, -0.15) is 5.10 Å². The van der Waals surface area contributed by atoms with Crippen molar-refractivity contribution in [1.29, 1.82) is 0 Å². The molecule has 0 radical (unpaired) electrons. The summed E-state index contributed by atoms with van der Waals surface area (Å²) in [6.45, 7) is 4.46. The monoisotopic (exact) mass is 278 g/mol. The van der Waals surface area contributed by atoms with Crippen molar-refractivity contribution in [3.8, 4) is 11.3 Å². The van der Waals surface area contributed by atoms with Crippen molar-refractivity contribution in [2.45, 2.75) is 20.4 Å². The largest absolute Gasteiger partial charge is 0.469 e. The summed E-state index contributed by atoms with van der Waals surface area (Å²) in [4.78, 5) is 11.6. The number of carbonyl (C=O) groups excluding carboxylic acids is 1. The minimum absolute atomic E-state index is 0.0600. The van der Waals surface area contributed by atoms with Gasteiger partial charge in [0.2, 0.25) is 0 Å². The maximum atomic E-state index is 11.6. The van der Waals surface area contributed by atoms with E-state index in [9.17, 15) is 4.79 Å². The molecule has 0 aliphatic heterocycles. The quantitative estimate of drug-likeness (QED) is 0.774. The first-order valence-corrected chi connectivity index (χ1v) is 6.43. The van der Waals surface area contributed by atoms with Crippen LogP contribution in [0.3, 0.4) is 0 Å². The second-order valence-corrected chi connectivity index (χ2v) is 4.24. The maximum absolute atomic E-state index is 11.6. The Hall–Kier alpha value is -2.28. The van der Waals surface area contributed by atoms with Crippen molar-refractivity contribution in [1.82, 2.24) is 15.1 Å². The number of furan rings is 1. The van der Waals surface area contributed by atoms with E-state index >= 15 is 0 Å². The molecule has 2 aromatic rings. The zero-order chi connectivity index (χ0) is 14.5. The third-order valence-corrected chi connectivity index (χ3v) is 2.81. The second-order valence-electron chi connectivity index (χ2n) is 4.24. The molecule has 7 nitrogen and oxygen atoms in total. The van der Waals surface area contributed by atoms with Gasteiger partial charge in [-0.15, -0.1) is 0 Å². The van der Waals surface area contributed by atoms with Crippen molar-refractivity contribution >= 4 is 11.8 Å². The van der Waals surface area contributed by atoms with Gasteiger partial charge in [0.1, 0.15) is 11.6 Å². The average molecular weight is 278 g/mol. The van der Waals surface area contributed by atoms with Crippen LogP contribution in [0.2, 0.25) is 0 Å². The van der Waals surface area contributed by atoms with Gasteiger partial charge in [-0.05, 0) is 19.9 Å². The number of aromatic nitrogens is 2. The number of aryl methyl sites for hydroxylation is 1. The number of nitrogens with one attached hydrogen (secondary N) is 2. The third kappa shape index (κ3) is 3.00. The fourth-order valence-electron chi connectivity index (χ4n) is 1.89. The highest BCUT2D eigenvalue weighted by atomic mass is 16.3. The van der Waals surface area contributed by atoms with Gasteiger partial charge in [0.05, 0.1) is 25.1 Å². The van der Waals surface area contributed by atoms with E-state index in [1.54, 1.807) is 17.0 Å². The summed E-state index contributed by atoms with van der Waals surface area (Å²) in [5.74, 6) is 1.28. The van der Waals surface area contributed by atoms with Gasteiger partial charge in [-0.25, -0.2) is 9.48 Å². The summed E-state index contributed by atoms with van der Waals surface area (Å²) in [5.41, 5.74) is 1.55. The molecule has 0 saturated carbocycles. The Kier molecular flexibility index (Phi) is 4.41. The predicted molar refractivity (Wildman–Crippen MR) is 74.4 cm³/mol. The zero-order valence-electron chi connectivity index (χ0n) is 11.5. The molecular weight excluding hydrogens is 260 g/mol. The summed E-state index contributed by atoms with van der Waals surface area (Å²) < 4.78 is 6.80. The number of hydrogen-bond acceptors (Lipinski definition) is 4. The van der Waals surface area contributed by atoms with Gasteiger partial charge < -0.3 is 14.8 Å². The molecular formula is C13H18N4O3.